The fraction of sp³-hybridized carbons (Fsp3) is 0.333. The molecule has 0 spiro atoms. The summed E-state index contributed by atoms with van der Waals surface area (Å²) in [6.45, 7) is 6.52. The minimum atomic E-state index is -0.383. The highest BCUT2D eigenvalue weighted by Gasteiger charge is 2.13. The molecule has 0 aliphatic rings. The van der Waals surface area contributed by atoms with Gasteiger partial charge in [-0.3, -0.25) is 0 Å². The van der Waals surface area contributed by atoms with Crippen LogP contribution in [0.5, 0.6) is 0 Å². The van der Waals surface area contributed by atoms with E-state index in [1.807, 2.05) is 20.8 Å². The molecule has 0 bridgehead atoms. The average Bonchev–Trinajstić information content (AvgIpc) is 2.41. The summed E-state index contributed by atoms with van der Waals surface area (Å²) in [5, 5.41) is 6.63. The standard InChI is InChI=1S/C15H18ClFN4/c1-15(2,3)20-8-10-6-7-18-14(13(10)17)21-12-5-4-11(16)9-19-12/h4-7,9,20H,8H2,1-3H3,(H,18,19,21). The minimum absolute atomic E-state index is 0.0823. The molecule has 21 heavy (non-hydrogen) atoms. The summed E-state index contributed by atoms with van der Waals surface area (Å²) in [7, 11) is 0. The Labute approximate surface area is 128 Å². The summed E-state index contributed by atoms with van der Waals surface area (Å²) >= 11 is 5.77. The summed E-state index contributed by atoms with van der Waals surface area (Å²) in [5.74, 6) is 0.260. The molecule has 0 aliphatic heterocycles. The number of nitrogens with zero attached hydrogens (tertiary/aromatic N) is 2. The minimum Gasteiger partial charge on any atom is -0.322 e. The normalized spacial score (nSPS) is 11.5. The first kappa shape index (κ1) is 15.7. The Morgan fingerprint density at radius 1 is 1.19 bits per heavy atom. The molecule has 0 saturated carbocycles. The van der Waals surface area contributed by atoms with E-state index < -0.39 is 0 Å². The van der Waals surface area contributed by atoms with Crippen molar-refractivity contribution < 1.29 is 4.39 Å². The van der Waals surface area contributed by atoms with Crippen molar-refractivity contribution in [3.63, 3.8) is 0 Å². The van der Waals surface area contributed by atoms with E-state index in [4.69, 9.17) is 11.6 Å². The average molecular weight is 309 g/mol. The first-order valence-corrected chi connectivity index (χ1v) is 7.00. The SMILES string of the molecule is CC(C)(C)NCc1ccnc(Nc2ccc(Cl)cn2)c1F. The molecule has 0 aliphatic carbocycles. The van der Waals surface area contributed by atoms with Crippen molar-refractivity contribution in [2.75, 3.05) is 5.32 Å². The third-order valence-corrected chi connectivity index (χ3v) is 2.98. The predicted molar refractivity (Wildman–Crippen MR) is 83.3 cm³/mol. The molecule has 4 nitrogen and oxygen atoms in total. The van der Waals surface area contributed by atoms with Gasteiger partial charge >= 0.3 is 0 Å². The molecule has 0 radical (unpaired) electrons. The van der Waals surface area contributed by atoms with Gasteiger partial charge in [-0.25, -0.2) is 14.4 Å². The summed E-state index contributed by atoms with van der Waals surface area (Å²) < 4.78 is 14.4. The van der Waals surface area contributed by atoms with Crippen LogP contribution in [0.3, 0.4) is 0 Å². The quantitative estimate of drug-likeness (QED) is 0.899. The van der Waals surface area contributed by atoms with Gasteiger partial charge in [0.25, 0.3) is 0 Å². The van der Waals surface area contributed by atoms with Gasteiger partial charge in [0.1, 0.15) is 5.82 Å². The Balaban J connectivity index is 2.15. The molecule has 0 amide bonds. The fourth-order valence-corrected chi connectivity index (χ4v) is 1.75. The van der Waals surface area contributed by atoms with Crippen molar-refractivity contribution in [3.05, 3.63) is 47.0 Å². The molecule has 2 rings (SSSR count). The highest BCUT2D eigenvalue weighted by molar-refractivity contribution is 6.30. The zero-order chi connectivity index (χ0) is 15.5. The lowest BCUT2D eigenvalue weighted by Gasteiger charge is -2.21. The van der Waals surface area contributed by atoms with Gasteiger partial charge < -0.3 is 10.6 Å². The largest absolute Gasteiger partial charge is 0.322 e. The van der Waals surface area contributed by atoms with Crippen molar-refractivity contribution in [1.82, 2.24) is 15.3 Å². The smallest absolute Gasteiger partial charge is 0.170 e. The van der Waals surface area contributed by atoms with Crippen LogP contribution in [0.1, 0.15) is 26.3 Å². The van der Waals surface area contributed by atoms with Crippen LogP contribution in [0.2, 0.25) is 5.02 Å². The van der Waals surface area contributed by atoms with Crippen LogP contribution >= 0.6 is 11.6 Å². The van der Waals surface area contributed by atoms with Gasteiger partial charge in [-0.05, 0) is 39.0 Å². The number of hydrogen-bond acceptors (Lipinski definition) is 4. The van der Waals surface area contributed by atoms with E-state index in [1.165, 1.54) is 6.20 Å². The lowest BCUT2D eigenvalue weighted by atomic mass is 10.1. The topological polar surface area (TPSA) is 49.8 Å². The van der Waals surface area contributed by atoms with Gasteiger partial charge in [0.15, 0.2) is 11.6 Å². The van der Waals surface area contributed by atoms with E-state index in [9.17, 15) is 4.39 Å². The van der Waals surface area contributed by atoms with E-state index in [-0.39, 0.29) is 17.2 Å². The number of aromatic nitrogens is 2. The summed E-state index contributed by atoms with van der Waals surface area (Å²) in [5.41, 5.74) is 0.470. The lowest BCUT2D eigenvalue weighted by molar-refractivity contribution is 0.418. The second-order valence-corrected chi connectivity index (χ2v) is 6.16. The predicted octanol–water partition coefficient (Wildman–Crippen LogP) is 3.90. The van der Waals surface area contributed by atoms with Crippen LogP contribution in [-0.4, -0.2) is 15.5 Å². The zero-order valence-corrected chi connectivity index (χ0v) is 13.0. The van der Waals surface area contributed by atoms with Gasteiger partial charge in [-0.2, -0.15) is 0 Å². The molecule has 2 heterocycles. The molecular formula is C15H18ClFN4. The van der Waals surface area contributed by atoms with Crippen molar-refractivity contribution in [2.24, 2.45) is 0 Å². The van der Waals surface area contributed by atoms with E-state index >= 15 is 0 Å². The Morgan fingerprint density at radius 2 is 1.95 bits per heavy atom. The van der Waals surface area contributed by atoms with Crippen LogP contribution < -0.4 is 10.6 Å². The Kier molecular flexibility index (Phi) is 4.75. The fourth-order valence-electron chi connectivity index (χ4n) is 1.64. The van der Waals surface area contributed by atoms with Gasteiger partial charge in [0, 0.05) is 30.0 Å². The van der Waals surface area contributed by atoms with Gasteiger partial charge in [0.05, 0.1) is 5.02 Å². The first-order chi connectivity index (χ1) is 9.85. The molecule has 112 valence electrons. The highest BCUT2D eigenvalue weighted by atomic mass is 35.5. The first-order valence-electron chi connectivity index (χ1n) is 6.62. The maximum absolute atomic E-state index is 14.4. The number of rotatable bonds is 4. The van der Waals surface area contributed by atoms with E-state index in [2.05, 4.69) is 20.6 Å². The van der Waals surface area contributed by atoms with Gasteiger partial charge in [0.2, 0.25) is 0 Å². The molecule has 0 aromatic carbocycles. The van der Waals surface area contributed by atoms with Gasteiger partial charge in [-0.15, -0.1) is 0 Å². The number of anilines is 2. The second kappa shape index (κ2) is 6.37. The third-order valence-electron chi connectivity index (χ3n) is 2.75. The lowest BCUT2D eigenvalue weighted by Crippen LogP contribution is -2.35. The molecule has 2 aromatic rings. The van der Waals surface area contributed by atoms with Crippen molar-refractivity contribution in [3.8, 4) is 0 Å². The van der Waals surface area contributed by atoms with Crippen molar-refractivity contribution >= 4 is 23.2 Å². The monoisotopic (exact) mass is 308 g/mol. The maximum atomic E-state index is 14.4. The molecule has 2 N–H and O–H groups in total. The van der Waals surface area contributed by atoms with Crippen molar-refractivity contribution in [1.29, 1.82) is 0 Å². The van der Waals surface area contributed by atoms with Crippen LogP contribution in [-0.2, 0) is 6.54 Å². The number of hydrogen-bond donors (Lipinski definition) is 2. The summed E-state index contributed by atoms with van der Waals surface area (Å²) in [6, 6.07) is 5.01. The molecule has 0 unspecified atom stereocenters. The molecule has 0 saturated heterocycles. The summed E-state index contributed by atoms with van der Waals surface area (Å²) in [6.07, 6.45) is 3.06. The Hall–Kier alpha value is -1.72. The highest BCUT2D eigenvalue weighted by Crippen LogP contribution is 2.20. The van der Waals surface area contributed by atoms with E-state index in [0.717, 1.165) is 0 Å². The van der Waals surface area contributed by atoms with Crippen LogP contribution in [0.25, 0.3) is 0 Å². The van der Waals surface area contributed by atoms with Gasteiger partial charge in [-0.1, -0.05) is 11.6 Å². The number of nitrogens with one attached hydrogen (secondary N) is 2. The Morgan fingerprint density at radius 3 is 2.57 bits per heavy atom. The van der Waals surface area contributed by atoms with E-state index in [1.54, 1.807) is 24.4 Å². The maximum Gasteiger partial charge on any atom is 0.170 e. The molecule has 0 atom stereocenters. The number of halogens is 2. The third kappa shape index (κ3) is 4.65. The van der Waals surface area contributed by atoms with Crippen LogP contribution in [0.4, 0.5) is 16.0 Å². The Bertz CT molecular complexity index is 608. The molecule has 0 fully saturated rings. The van der Waals surface area contributed by atoms with Crippen LogP contribution in [0, 0.1) is 5.82 Å². The molecular weight excluding hydrogens is 291 g/mol. The zero-order valence-electron chi connectivity index (χ0n) is 12.2. The van der Waals surface area contributed by atoms with Crippen LogP contribution in [0.15, 0.2) is 30.6 Å². The molecule has 6 heteroatoms. The van der Waals surface area contributed by atoms with Crippen molar-refractivity contribution in [2.45, 2.75) is 32.9 Å². The number of pyridine rings is 2. The van der Waals surface area contributed by atoms with E-state index in [0.29, 0.717) is 22.9 Å². The molecule has 2 aromatic heterocycles. The summed E-state index contributed by atoms with van der Waals surface area (Å²) in [4.78, 5) is 8.08. The second-order valence-electron chi connectivity index (χ2n) is 5.72.